The lowest BCUT2D eigenvalue weighted by molar-refractivity contribution is 0.639. The summed E-state index contributed by atoms with van der Waals surface area (Å²) in [4.78, 5) is 1.26. The molecule has 0 aliphatic rings. The molecule has 2 aromatic rings. The maximum absolute atomic E-state index is 6.20. The van der Waals surface area contributed by atoms with E-state index in [4.69, 9.17) is 11.6 Å². The molecule has 0 radical (unpaired) electrons. The fraction of sp³-hybridized carbons (Fsp3) is 0.333. The van der Waals surface area contributed by atoms with Gasteiger partial charge in [-0.15, -0.1) is 11.3 Å². The van der Waals surface area contributed by atoms with Gasteiger partial charge in [0.25, 0.3) is 0 Å². The number of nitrogens with one attached hydrogen (secondary N) is 1. The van der Waals surface area contributed by atoms with Crippen molar-refractivity contribution >= 4 is 38.9 Å². The molecule has 0 amide bonds. The van der Waals surface area contributed by atoms with Gasteiger partial charge in [-0.25, -0.2) is 0 Å². The fourth-order valence-electron chi connectivity index (χ4n) is 2.00. The molecule has 1 atom stereocenters. The van der Waals surface area contributed by atoms with Crippen LogP contribution in [0.25, 0.3) is 0 Å². The van der Waals surface area contributed by atoms with Gasteiger partial charge in [0.2, 0.25) is 0 Å². The van der Waals surface area contributed by atoms with Gasteiger partial charge in [-0.1, -0.05) is 46.6 Å². The van der Waals surface area contributed by atoms with Crippen LogP contribution in [0.4, 0.5) is 0 Å². The Morgan fingerprint density at radius 3 is 2.53 bits per heavy atom. The van der Waals surface area contributed by atoms with Gasteiger partial charge in [-0.3, -0.25) is 0 Å². The first-order valence-corrected chi connectivity index (χ1v) is 8.27. The first-order valence-electron chi connectivity index (χ1n) is 6.28. The second-order valence-electron chi connectivity index (χ2n) is 4.60. The monoisotopic (exact) mass is 357 g/mol. The molecule has 19 heavy (non-hydrogen) atoms. The number of hydrogen-bond acceptors (Lipinski definition) is 2. The highest BCUT2D eigenvalue weighted by molar-refractivity contribution is 9.10. The highest BCUT2D eigenvalue weighted by Crippen LogP contribution is 2.35. The third kappa shape index (κ3) is 3.40. The van der Waals surface area contributed by atoms with Crippen molar-refractivity contribution in [3.05, 3.63) is 54.6 Å². The molecule has 0 saturated carbocycles. The van der Waals surface area contributed by atoms with Crippen LogP contribution in [0.2, 0.25) is 4.34 Å². The number of benzene rings is 1. The van der Waals surface area contributed by atoms with Crippen molar-refractivity contribution in [3.8, 4) is 0 Å². The van der Waals surface area contributed by atoms with Gasteiger partial charge in [-0.2, -0.15) is 0 Å². The van der Waals surface area contributed by atoms with Crippen LogP contribution in [0.1, 0.15) is 34.5 Å². The number of halogens is 2. The quantitative estimate of drug-likeness (QED) is 0.763. The van der Waals surface area contributed by atoms with Crippen molar-refractivity contribution in [2.75, 3.05) is 6.54 Å². The molecule has 1 nitrogen and oxygen atoms in total. The van der Waals surface area contributed by atoms with Gasteiger partial charge in [0, 0.05) is 9.35 Å². The highest BCUT2D eigenvalue weighted by Gasteiger charge is 2.17. The molecule has 1 aromatic carbocycles. The van der Waals surface area contributed by atoms with E-state index in [1.807, 2.05) is 0 Å². The molecule has 1 unspecified atom stereocenters. The predicted octanol–water partition coefficient (Wildman–Crippen LogP) is 5.48. The van der Waals surface area contributed by atoms with Gasteiger partial charge >= 0.3 is 0 Å². The van der Waals surface area contributed by atoms with Gasteiger partial charge in [0.1, 0.15) is 0 Å². The van der Waals surface area contributed by atoms with E-state index < -0.39 is 0 Å². The molecule has 1 heterocycles. The molecule has 1 aromatic heterocycles. The average molecular weight is 359 g/mol. The highest BCUT2D eigenvalue weighted by atomic mass is 79.9. The van der Waals surface area contributed by atoms with Crippen LogP contribution >= 0.6 is 38.9 Å². The first-order chi connectivity index (χ1) is 9.02. The van der Waals surface area contributed by atoms with E-state index in [1.165, 1.54) is 16.0 Å². The zero-order chi connectivity index (χ0) is 14.0. The van der Waals surface area contributed by atoms with Crippen molar-refractivity contribution in [1.82, 2.24) is 5.32 Å². The van der Waals surface area contributed by atoms with Crippen LogP contribution in [0.15, 0.2) is 28.7 Å². The largest absolute Gasteiger partial charge is 0.306 e. The maximum atomic E-state index is 6.20. The summed E-state index contributed by atoms with van der Waals surface area (Å²) in [6, 6.07) is 8.89. The van der Waals surface area contributed by atoms with Crippen LogP contribution < -0.4 is 5.32 Å². The number of thiophene rings is 1. The Morgan fingerprint density at radius 2 is 2.00 bits per heavy atom. The summed E-state index contributed by atoms with van der Waals surface area (Å²) in [6.45, 7) is 7.20. The van der Waals surface area contributed by atoms with E-state index in [0.29, 0.717) is 0 Å². The predicted molar refractivity (Wildman–Crippen MR) is 88.5 cm³/mol. The molecule has 102 valence electrons. The lowest BCUT2D eigenvalue weighted by Crippen LogP contribution is -2.21. The van der Waals surface area contributed by atoms with Crippen LogP contribution in [0.3, 0.4) is 0 Å². The topological polar surface area (TPSA) is 12.0 Å². The molecule has 0 aliphatic heterocycles. The average Bonchev–Trinajstić information content (AvgIpc) is 2.70. The van der Waals surface area contributed by atoms with Crippen molar-refractivity contribution in [1.29, 1.82) is 0 Å². The van der Waals surface area contributed by atoms with E-state index in [9.17, 15) is 0 Å². The first kappa shape index (κ1) is 15.0. The van der Waals surface area contributed by atoms with Crippen molar-refractivity contribution in [2.24, 2.45) is 0 Å². The molecular formula is C15H17BrClNS. The van der Waals surface area contributed by atoms with Crippen LogP contribution in [0, 0.1) is 13.8 Å². The van der Waals surface area contributed by atoms with Gasteiger partial charge in [-0.05, 0) is 49.2 Å². The zero-order valence-corrected chi connectivity index (χ0v) is 14.4. The molecule has 1 N–H and O–H groups in total. The smallest absolute Gasteiger partial charge is 0.0961 e. The summed E-state index contributed by atoms with van der Waals surface area (Å²) in [5.41, 5.74) is 3.66. The summed E-state index contributed by atoms with van der Waals surface area (Å²) in [6.07, 6.45) is 0. The van der Waals surface area contributed by atoms with Crippen molar-refractivity contribution in [3.63, 3.8) is 0 Å². The molecule has 0 spiro atoms. The minimum absolute atomic E-state index is 0.207. The number of rotatable bonds is 4. The van der Waals surface area contributed by atoms with E-state index in [1.54, 1.807) is 11.3 Å². The second-order valence-corrected chi connectivity index (χ2v) is 7.14. The molecule has 0 saturated heterocycles. The SMILES string of the molecule is CCNC(c1ccc(C)c(Br)c1)c1cc(C)c(Cl)s1. The normalized spacial score (nSPS) is 12.7. The number of hydrogen-bond donors (Lipinski definition) is 1. The van der Waals surface area contributed by atoms with E-state index in [0.717, 1.165) is 20.9 Å². The third-order valence-corrected chi connectivity index (χ3v) is 5.57. The summed E-state index contributed by atoms with van der Waals surface area (Å²) in [5.74, 6) is 0. The van der Waals surface area contributed by atoms with Gasteiger partial charge in [0.15, 0.2) is 0 Å². The Balaban J connectivity index is 2.41. The Hall–Kier alpha value is -0.350. The van der Waals surface area contributed by atoms with Gasteiger partial charge in [0.05, 0.1) is 10.4 Å². The fourth-order valence-corrected chi connectivity index (χ4v) is 3.72. The summed E-state index contributed by atoms with van der Waals surface area (Å²) in [7, 11) is 0. The Morgan fingerprint density at radius 1 is 1.26 bits per heavy atom. The molecule has 2 rings (SSSR count). The summed E-state index contributed by atoms with van der Waals surface area (Å²) >= 11 is 11.5. The number of aryl methyl sites for hydroxylation is 2. The lowest BCUT2D eigenvalue weighted by atomic mass is 10.0. The maximum Gasteiger partial charge on any atom is 0.0961 e. The Kier molecular flexibility index (Phi) is 5.07. The Labute approximate surface area is 132 Å². The standard InChI is InChI=1S/C15H17BrClNS/c1-4-18-14(13-7-10(3)15(17)19-13)11-6-5-9(2)12(16)8-11/h5-8,14,18H,4H2,1-3H3. The lowest BCUT2D eigenvalue weighted by Gasteiger charge is -2.17. The minimum Gasteiger partial charge on any atom is -0.306 e. The van der Waals surface area contributed by atoms with Gasteiger partial charge < -0.3 is 5.32 Å². The molecular weight excluding hydrogens is 342 g/mol. The van der Waals surface area contributed by atoms with Crippen molar-refractivity contribution < 1.29 is 0 Å². The third-order valence-electron chi connectivity index (χ3n) is 3.10. The second kappa shape index (κ2) is 6.40. The molecule has 0 bridgehead atoms. The zero-order valence-electron chi connectivity index (χ0n) is 11.3. The van der Waals surface area contributed by atoms with Crippen molar-refractivity contribution in [2.45, 2.75) is 26.8 Å². The molecule has 0 aliphatic carbocycles. The summed E-state index contributed by atoms with van der Waals surface area (Å²) in [5, 5.41) is 3.53. The van der Waals surface area contributed by atoms with Crippen LogP contribution in [-0.2, 0) is 0 Å². The molecule has 4 heteroatoms. The summed E-state index contributed by atoms with van der Waals surface area (Å²) < 4.78 is 2.02. The minimum atomic E-state index is 0.207. The van der Waals surface area contributed by atoms with E-state index >= 15 is 0 Å². The Bertz CT molecular complexity index is 560. The van der Waals surface area contributed by atoms with E-state index in [2.05, 4.69) is 66.3 Å². The van der Waals surface area contributed by atoms with E-state index in [-0.39, 0.29) is 6.04 Å². The van der Waals surface area contributed by atoms with Crippen LogP contribution in [-0.4, -0.2) is 6.54 Å². The van der Waals surface area contributed by atoms with Crippen LogP contribution in [0.5, 0.6) is 0 Å². The molecule has 0 fully saturated rings.